The Morgan fingerprint density at radius 3 is 2.90 bits per heavy atom. The van der Waals surface area contributed by atoms with E-state index in [1.54, 1.807) is 30.3 Å². The number of fused-ring (bicyclic) bond motifs is 1. The number of rotatable bonds is 3. The summed E-state index contributed by atoms with van der Waals surface area (Å²) in [5.41, 5.74) is 3.33. The van der Waals surface area contributed by atoms with Crippen LogP contribution in [0.15, 0.2) is 41.9 Å². The molecule has 3 nitrogen and oxygen atoms in total. The van der Waals surface area contributed by atoms with E-state index in [1.807, 2.05) is 6.20 Å². The summed E-state index contributed by atoms with van der Waals surface area (Å²) in [5, 5.41) is 3.21. The second-order valence-corrected chi connectivity index (χ2v) is 5.96. The zero-order valence-electron chi connectivity index (χ0n) is 11.5. The summed E-state index contributed by atoms with van der Waals surface area (Å²) in [5.74, 6) is 0.118. The summed E-state index contributed by atoms with van der Waals surface area (Å²) in [6.45, 7) is 0. The summed E-state index contributed by atoms with van der Waals surface area (Å²) in [7, 11) is 3.57. The molecule has 4 heteroatoms. The molecule has 0 saturated heterocycles. The predicted octanol–water partition coefficient (Wildman–Crippen LogP) is 3.77. The van der Waals surface area contributed by atoms with Gasteiger partial charge in [-0.3, -0.25) is 4.79 Å². The van der Waals surface area contributed by atoms with Gasteiger partial charge in [0.2, 0.25) is 5.91 Å². The van der Waals surface area contributed by atoms with Crippen LogP contribution >= 0.6 is 11.3 Å². The van der Waals surface area contributed by atoms with E-state index in [9.17, 15) is 4.79 Å². The lowest BCUT2D eigenvalue weighted by Crippen LogP contribution is -2.23. The Kier molecular flexibility index (Phi) is 3.32. The summed E-state index contributed by atoms with van der Waals surface area (Å²) in [6, 6.07) is 10.5. The number of nitrogens with one attached hydrogen (secondary N) is 1. The number of nitrogens with zero attached hydrogens (tertiary/aromatic N) is 1. The van der Waals surface area contributed by atoms with Gasteiger partial charge in [-0.05, 0) is 34.7 Å². The van der Waals surface area contributed by atoms with E-state index < -0.39 is 0 Å². The molecule has 0 radical (unpaired) electrons. The van der Waals surface area contributed by atoms with Crippen LogP contribution in [0, 0.1) is 0 Å². The van der Waals surface area contributed by atoms with E-state index in [2.05, 4.69) is 40.7 Å². The topological polar surface area (TPSA) is 36.1 Å². The van der Waals surface area contributed by atoms with Crippen molar-refractivity contribution >= 4 is 28.1 Å². The average molecular weight is 286 g/mol. The van der Waals surface area contributed by atoms with Crippen molar-refractivity contribution in [3.63, 3.8) is 0 Å². The van der Waals surface area contributed by atoms with Gasteiger partial charge in [-0.15, -0.1) is 11.3 Å². The average Bonchev–Trinajstić information content (AvgIpc) is 3.08. The number of carbonyl (C=O) groups excluding carboxylic acids is 1. The molecule has 0 saturated carbocycles. The van der Waals surface area contributed by atoms with Crippen LogP contribution in [-0.4, -0.2) is 29.9 Å². The van der Waals surface area contributed by atoms with Gasteiger partial charge in [0.05, 0.1) is 6.42 Å². The number of hydrogen-bond acceptors (Lipinski definition) is 2. The lowest BCUT2D eigenvalue weighted by molar-refractivity contribution is -0.127. The van der Waals surface area contributed by atoms with Crippen LogP contribution in [0.2, 0.25) is 0 Å². The quantitative estimate of drug-likeness (QED) is 0.781. The Hall–Kier alpha value is -2.07. The van der Waals surface area contributed by atoms with E-state index in [0.29, 0.717) is 6.42 Å². The smallest absolute Gasteiger partial charge is 0.226 e. The largest absolute Gasteiger partial charge is 0.361 e. The second kappa shape index (κ2) is 5.13. The standard InChI is InChI=1S/C16H16N2OS.H2/c1-18(2)16(19)9-12-10-17-14-6-5-11(8-13(12)14)15-4-3-7-20-15;/h3-8,10,17H,9H2,1-2H3;1H. The molecule has 0 bridgehead atoms. The lowest BCUT2D eigenvalue weighted by atomic mass is 10.1. The van der Waals surface area contributed by atoms with Gasteiger partial charge in [0.1, 0.15) is 0 Å². The van der Waals surface area contributed by atoms with Gasteiger partial charge in [-0.1, -0.05) is 12.1 Å². The molecule has 3 rings (SSSR count). The summed E-state index contributed by atoms with van der Waals surface area (Å²) in [4.78, 5) is 18.0. The number of likely N-dealkylation sites (N-methyl/N-ethyl adjacent to an activating group) is 1. The van der Waals surface area contributed by atoms with Crippen LogP contribution in [0.5, 0.6) is 0 Å². The molecule has 0 aliphatic heterocycles. The number of thiophene rings is 1. The molecule has 0 aliphatic carbocycles. The highest BCUT2D eigenvalue weighted by Crippen LogP contribution is 2.29. The molecule has 1 aromatic carbocycles. The molecule has 0 atom stereocenters. The zero-order valence-corrected chi connectivity index (χ0v) is 12.3. The van der Waals surface area contributed by atoms with Gasteiger partial charge in [-0.25, -0.2) is 0 Å². The van der Waals surface area contributed by atoms with Gasteiger partial charge >= 0.3 is 0 Å². The fourth-order valence-corrected chi connectivity index (χ4v) is 2.97. The summed E-state index contributed by atoms with van der Waals surface area (Å²) >= 11 is 1.73. The Morgan fingerprint density at radius 2 is 2.20 bits per heavy atom. The van der Waals surface area contributed by atoms with Crippen LogP contribution in [0.25, 0.3) is 21.3 Å². The number of carbonyl (C=O) groups is 1. The van der Waals surface area contributed by atoms with E-state index in [1.165, 1.54) is 10.4 Å². The van der Waals surface area contributed by atoms with Crippen LogP contribution in [0.1, 0.15) is 6.99 Å². The molecule has 3 aromatic rings. The minimum absolute atomic E-state index is 0. The zero-order chi connectivity index (χ0) is 14.1. The number of aromatic nitrogens is 1. The maximum Gasteiger partial charge on any atom is 0.226 e. The first-order valence-corrected chi connectivity index (χ1v) is 7.37. The van der Waals surface area contributed by atoms with E-state index in [0.717, 1.165) is 16.5 Å². The minimum atomic E-state index is 0. The first-order chi connectivity index (χ1) is 9.65. The fraction of sp³-hybridized carbons (Fsp3) is 0.188. The van der Waals surface area contributed by atoms with Crippen molar-refractivity contribution in [3.8, 4) is 10.4 Å². The van der Waals surface area contributed by atoms with Gasteiger partial charge in [-0.2, -0.15) is 0 Å². The van der Waals surface area contributed by atoms with E-state index in [4.69, 9.17) is 0 Å². The Balaban J connectivity index is 0.00000161. The highest BCUT2D eigenvalue weighted by molar-refractivity contribution is 7.13. The van der Waals surface area contributed by atoms with Crippen LogP contribution < -0.4 is 0 Å². The number of amides is 1. The molecule has 104 valence electrons. The van der Waals surface area contributed by atoms with Crippen molar-refractivity contribution in [1.29, 1.82) is 0 Å². The van der Waals surface area contributed by atoms with E-state index >= 15 is 0 Å². The predicted molar refractivity (Wildman–Crippen MR) is 86.1 cm³/mol. The second-order valence-electron chi connectivity index (χ2n) is 5.02. The van der Waals surface area contributed by atoms with Crippen molar-refractivity contribution < 1.29 is 6.22 Å². The molecule has 0 unspecified atom stereocenters. The Morgan fingerprint density at radius 1 is 1.35 bits per heavy atom. The monoisotopic (exact) mass is 286 g/mol. The fourth-order valence-electron chi connectivity index (χ4n) is 2.24. The van der Waals surface area contributed by atoms with E-state index in [-0.39, 0.29) is 7.33 Å². The van der Waals surface area contributed by atoms with Crippen molar-refractivity contribution in [2.45, 2.75) is 6.42 Å². The molecule has 0 aliphatic rings. The molecule has 1 N–H and O–H groups in total. The number of H-pyrrole nitrogens is 1. The van der Waals surface area contributed by atoms with Gasteiger partial charge in [0.25, 0.3) is 0 Å². The summed E-state index contributed by atoms with van der Waals surface area (Å²) < 4.78 is 0. The number of aromatic amines is 1. The first-order valence-electron chi connectivity index (χ1n) is 6.49. The van der Waals surface area contributed by atoms with Crippen molar-refractivity contribution in [1.82, 2.24) is 9.88 Å². The number of benzene rings is 1. The summed E-state index contributed by atoms with van der Waals surface area (Å²) in [6.07, 6.45) is 2.37. The van der Waals surface area contributed by atoms with Crippen LogP contribution in [-0.2, 0) is 11.2 Å². The third kappa shape index (κ3) is 2.34. The van der Waals surface area contributed by atoms with Gasteiger partial charge in [0.15, 0.2) is 0 Å². The first kappa shape index (κ1) is 12.9. The van der Waals surface area contributed by atoms with Crippen molar-refractivity contribution in [2.75, 3.05) is 14.1 Å². The highest BCUT2D eigenvalue weighted by atomic mass is 32.1. The van der Waals surface area contributed by atoms with Crippen molar-refractivity contribution in [3.05, 3.63) is 47.5 Å². The highest BCUT2D eigenvalue weighted by Gasteiger charge is 2.11. The van der Waals surface area contributed by atoms with Crippen molar-refractivity contribution in [2.24, 2.45) is 0 Å². The lowest BCUT2D eigenvalue weighted by Gasteiger charge is -2.09. The van der Waals surface area contributed by atoms with Gasteiger partial charge in [0, 0.05) is 37.5 Å². The normalized spacial score (nSPS) is 10.9. The van der Waals surface area contributed by atoms with Gasteiger partial charge < -0.3 is 9.88 Å². The molecule has 1 amide bonds. The minimum Gasteiger partial charge on any atom is -0.361 e. The Labute approximate surface area is 123 Å². The Bertz CT molecular complexity index is 747. The molecule has 2 heterocycles. The molecule has 0 spiro atoms. The molecular formula is C16H18N2OS. The third-order valence-corrected chi connectivity index (χ3v) is 4.33. The molecule has 20 heavy (non-hydrogen) atoms. The molecule has 2 aromatic heterocycles. The van der Waals surface area contributed by atoms with Crippen LogP contribution in [0.3, 0.4) is 0 Å². The third-order valence-electron chi connectivity index (χ3n) is 3.41. The maximum atomic E-state index is 11.9. The van der Waals surface area contributed by atoms with Crippen LogP contribution in [0.4, 0.5) is 0 Å². The molecular weight excluding hydrogens is 268 g/mol. The molecule has 0 fully saturated rings. The number of hydrogen-bond donors (Lipinski definition) is 1. The SMILES string of the molecule is CN(C)C(=O)Cc1c[nH]c2ccc(-c3cccs3)cc12.[HH]. The maximum absolute atomic E-state index is 11.9.